The fraction of sp³-hybridized carbons (Fsp3) is 0.333. The fourth-order valence-corrected chi connectivity index (χ4v) is 3.96. The molecule has 2 heterocycles. The van der Waals surface area contributed by atoms with Gasteiger partial charge in [0.2, 0.25) is 0 Å². The number of benzene rings is 2. The van der Waals surface area contributed by atoms with Crippen LogP contribution in [-0.4, -0.2) is 9.13 Å². The average Bonchev–Trinajstić information content (AvgIpc) is 3.11. The number of hydrogen-bond donors (Lipinski definition) is 0. The van der Waals surface area contributed by atoms with Crippen molar-refractivity contribution in [2.24, 2.45) is 0 Å². The second kappa shape index (κ2) is 6.62. The van der Waals surface area contributed by atoms with Crippen LogP contribution in [0.25, 0.3) is 27.2 Å². The van der Waals surface area contributed by atoms with Crippen molar-refractivity contribution in [1.29, 1.82) is 0 Å². The van der Waals surface area contributed by atoms with Gasteiger partial charge in [0.1, 0.15) is 0 Å². The van der Waals surface area contributed by atoms with Crippen molar-refractivity contribution in [3.8, 4) is 5.69 Å². The highest BCUT2D eigenvalue weighted by molar-refractivity contribution is 5.98. The molecule has 30 heavy (non-hydrogen) atoms. The van der Waals surface area contributed by atoms with Gasteiger partial charge in [-0.25, -0.2) is 4.57 Å². The van der Waals surface area contributed by atoms with Gasteiger partial charge in [-0.3, -0.25) is 23.7 Å². The summed E-state index contributed by atoms with van der Waals surface area (Å²) in [4.78, 5) is 51.4. The Kier molecular flexibility index (Phi) is 4.42. The molecule has 0 saturated carbocycles. The Morgan fingerprint density at radius 3 is 1.60 bits per heavy atom. The lowest BCUT2D eigenvalue weighted by Crippen LogP contribution is -2.27. The molecule has 0 bridgehead atoms. The van der Waals surface area contributed by atoms with E-state index < -0.39 is 22.2 Å². The van der Waals surface area contributed by atoms with E-state index in [1.165, 1.54) is 12.1 Å². The van der Waals surface area contributed by atoms with Gasteiger partial charge in [0.05, 0.1) is 27.2 Å². The molecule has 0 aliphatic heterocycles. The molecule has 6 heteroatoms. The van der Waals surface area contributed by atoms with E-state index in [0.29, 0.717) is 5.69 Å². The highest BCUT2D eigenvalue weighted by Crippen LogP contribution is 2.27. The minimum atomic E-state index is -0.483. The van der Waals surface area contributed by atoms with Gasteiger partial charge < -0.3 is 0 Å². The molecule has 154 valence electrons. The van der Waals surface area contributed by atoms with Gasteiger partial charge in [0.15, 0.2) is 0 Å². The van der Waals surface area contributed by atoms with Gasteiger partial charge in [0.25, 0.3) is 22.2 Å². The second-order valence-corrected chi connectivity index (χ2v) is 8.75. The summed E-state index contributed by atoms with van der Waals surface area (Å²) in [5, 5.41) is 0.665. The molecule has 0 atom stereocenters. The molecule has 0 fully saturated rings. The zero-order valence-electron chi connectivity index (χ0n) is 17.8. The minimum Gasteiger partial charge on any atom is -0.272 e. The highest BCUT2D eigenvalue weighted by atomic mass is 16.2. The Labute approximate surface area is 172 Å². The van der Waals surface area contributed by atoms with Crippen LogP contribution in [0.4, 0.5) is 0 Å². The van der Waals surface area contributed by atoms with Crippen LogP contribution in [0.2, 0.25) is 0 Å². The first-order valence-electron chi connectivity index (χ1n) is 10.1. The summed E-state index contributed by atoms with van der Waals surface area (Å²) in [7, 11) is 0. The monoisotopic (exact) mass is 404 g/mol. The van der Waals surface area contributed by atoms with E-state index in [2.05, 4.69) is 20.8 Å². The standard InChI is InChI=1S/C24H24N2O4/c1-6-24(4,5)14-7-9-15(10-8-14)26-22(29)18-11-16-17(12-19(18)23(26)30)21(28)25(13(2)3)20(16)27/h7-13H,6H2,1-5H3. The van der Waals surface area contributed by atoms with Crippen molar-refractivity contribution in [2.45, 2.75) is 52.5 Å². The van der Waals surface area contributed by atoms with Crippen LogP contribution >= 0.6 is 0 Å². The topological polar surface area (TPSA) is 78.1 Å². The zero-order chi connectivity index (χ0) is 22.0. The van der Waals surface area contributed by atoms with Crippen molar-refractivity contribution in [3.63, 3.8) is 0 Å². The lowest BCUT2D eigenvalue weighted by Gasteiger charge is -2.23. The first-order chi connectivity index (χ1) is 14.1. The van der Waals surface area contributed by atoms with Gasteiger partial charge in [-0.05, 0) is 55.5 Å². The Hall–Kier alpha value is -3.28. The predicted molar refractivity (Wildman–Crippen MR) is 120 cm³/mol. The Bertz CT molecular complexity index is 1410. The molecule has 0 spiro atoms. The van der Waals surface area contributed by atoms with Crippen molar-refractivity contribution in [2.75, 3.05) is 0 Å². The number of nitrogens with zero attached hydrogens (tertiary/aromatic N) is 2. The van der Waals surface area contributed by atoms with Crippen molar-refractivity contribution in [3.05, 3.63) is 83.4 Å². The first-order valence-corrected chi connectivity index (χ1v) is 10.1. The summed E-state index contributed by atoms with van der Waals surface area (Å²) < 4.78 is 2.26. The fourth-order valence-electron chi connectivity index (χ4n) is 3.96. The molecule has 4 rings (SSSR count). The molecule has 2 aromatic heterocycles. The van der Waals surface area contributed by atoms with Gasteiger partial charge in [-0.2, -0.15) is 0 Å². The highest BCUT2D eigenvalue weighted by Gasteiger charge is 2.22. The van der Waals surface area contributed by atoms with Crippen molar-refractivity contribution >= 4 is 21.5 Å². The minimum absolute atomic E-state index is 0.00959. The second-order valence-electron chi connectivity index (χ2n) is 8.75. The van der Waals surface area contributed by atoms with Crippen LogP contribution in [0.15, 0.2) is 55.6 Å². The van der Waals surface area contributed by atoms with E-state index in [0.717, 1.165) is 21.1 Å². The maximum Gasteiger partial charge on any atom is 0.266 e. The van der Waals surface area contributed by atoms with E-state index in [-0.39, 0.29) is 33.0 Å². The van der Waals surface area contributed by atoms with Gasteiger partial charge >= 0.3 is 0 Å². The van der Waals surface area contributed by atoms with Gasteiger partial charge in [-0.1, -0.05) is 32.9 Å². The van der Waals surface area contributed by atoms with E-state index in [4.69, 9.17) is 0 Å². The third-order valence-corrected chi connectivity index (χ3v) is 6.23. The number of hydrogen-bond acceptors (Lipinski definition) is 4. The lowest BCUT2D eigenvalue weighted by atomic mass is 9.82. The molecular weight excluding hydrogens is 380 g/mol. The SMILES string of the molecule is CCC(C)(C)c1ccc(-n2c(=O)c3cc4c(=O)n(C(C)C)c(=O)c4cc3c2=O)cc1. The average molecular weight is 404 g/mol. The smallest absolute Gasteiger partial charge is 0.266 e. The molecule has 0 aliphatic carbocycles. The largest absolute Gasteiger partial charge is 0.272 e. The van der Waals surface area contributed by atoms with E-state index >= 15 is 0 Å². The van der Waals surface area contributed by atoms with Crippen molar-refractivity contribution < 1.29 is 0 Å². The van der Waals surface area contributed by atoms with E-state index in [1.54, 1.807) is 26.0 Å². The summed E-state index contributed by atoms with van der Waals surface area (Å²) in [6.07, 6.45) is 0.959. The molecule has 0 radical (unpaired) electrons. The summed E-state index contributed by atoms with van der Waals surface area (Å²) in [6.45, 7) is 9.88. The summed E-state index contributed by atoms with van der Waals surface area (Å²) in [5.74, 6) is 0. The normalized spacial score (nSPS) is 12.5. The predicted octanol–water partition coefficient (Wildman–Crippen LogP) is 3.17. The van der Waals surface area contributed by atoms with Crippen LogP contribution in [0, 0.1) is 0 Å². The number of aromatic nitrogens is 2. The molecule has 0 unspecified atom stereocenters. The Morgan fingerprint density at radius 2 is 1.20 bits per heavy atom. The van der Waals surface area contributed by atoms with Crippen LogP contribution in [-0.2, 0) is 5.41 Å². The number of fused-ring (bicyclic) bond motifs is 2. The quantitative estimate of drug-likeness (QED) is 0.523. The molecule has 0 N–H and O–H groups in total. The van der Waals surface area contributed by atoms with Crippen molar-refractivity contribution in [1.82, 2.24) is 9.13 Å². The van der Waals surface area contributed by atoms with Crippen LogP contribution < -0.4 is 22.2 Å². The number of rotatable bonds is 4. The molecule has 0 saturated heterocycles. The molecule has 0 aliphatic rings. The molecule has 6 nitrogen and oxygen atoms in total. The Balaban J connectivity index is 1.98. The van der Waals surface area contributed by atoms with Gasteiger partial charge in [0, 0.05) is 6.04 Å². The summed E-state index contributed by atoms with van der Waals surface area (Å²) in [6, 6.07) is 9.86. The lowest BCUT2D eigenvalue weighted by molar-refractivity contribution is 0.506. The van der Waals surface area contributed by atoms with E-state index in [9.17, 15) is 19.2 Å². The van der Waals surface area contributed by atoms with E-state index in [1.807, 2.05) is 12.1 Å². The van der Waals surface area contributed by atoms with Crippen LogP contribution in [0.5, 0.6) is 0 Å². The van der Waals surface area contributed by atoms with Gasteiger partial charge in [-0.15, -0.1) is 0 Å². The van der Waals surface area contributed by atoms with Crippen LogP contribution in [0.3, 0.4) is 0 Å². The molecule has 2 aromatic carbocycles. The summed E-state index contributed by atoms with van der Waals surface area (Å²) in [5.41, 5.74) is -0.250. The third kappa shape index (κ3) is 2.70. The molecule has 4 aromatic rings. The maximum atomic E-state index is 13.0. The molecule has 0 amide bonds. The van der Waals surface area contributed by atoms with Crippen LogP contribution in [0.1, 0.15) is 52.6 Å². The maximum absolute atomic E-state index is 13.0. The third-order valence-electron chi connectivity index (χ3n) is 6.23. The zero-order valence-corrected chi connectivity index (χ0v) is 17.8. The first kappa shape index (κ1) is 20.0. The molecular formula is C24H24N2O4. The Morgan fingerprint density at radius 1 is 0.767 bits per heavy atom. The summed E-state index contributed by atoms with van der Waals surface area (Å²) >= 11 is 0.